The summed E-state index contributed by atoms with van der Waals surface area (Å²) >= 11 is 0. The molecule has 0 aromatic carbocycles. The molecule has 0 aromatic heterocycles. The third kappa shape index (κ3) is 8.94. The van der Waals surface area contributed by atoms with E-state index in [4.69, 9.17) is 0 Å². The Morgan fingerprint density at radius 3 is 2.12 bits per heavy atom. The number of alkyl halides is 3. The van der Waals surface area contributed by atoms with Crippen LogP contribution in [0.25, 0.3) is 0 Å². The lowest BCUT2D eigenvalue weighted by Crippen LogP contribution is -2.49. The number of halogens is 3. The Hall–Kier alpha value is -0.330. The smallest absolute Gasteiger partial charge is 0.388 e. The third-order valence-electron chi connectivity index (χ3n) is 1.95. The van der Waals surface area contributed by atoms with E-state index >= 15 is 0 Å². The molecular formula is C10H21F3N2O. The topological polar surface area (TPSA) is 35.5 Å². The van der Waals surface area contributed by atoms with E-state index in [0.717, 1.165) is 4.90 Å². The number of hydrogen-bond donors (Lipinski definition) is 2. The lowest BCUT2D eigenvalue weighted by atomic mass is 10.1. The zero-order chi connectivity index (χ0) is 13.0. The fourth-order valence-electron chi connectivity index (χ4n) is 1.42. The lowest BCUT2D eigenvalue weighted by Gasteiger charge is -2.30. The minimum Gasteiger partial charge on any atom is -0.388 e. The Labute approximate surface area is 94.6 Å². The van der Waals surface area contributed by atoms with Gasteiger partial charge in [0.15, 0.2) is 0 Å². The molecule has 3 nitrogen and oxygen atoms in total. The molecule has 1 unspecified atom stereocenters. The minimum atomic E-state index is -4.23. The average Bonchev–Trinajstić information content (AvgIpc) is 1.95. The first kappa shape index (κ1) is 15.7. The maximum atomic E-state index is 12.1. The number of nitrogens with one attached hydrogen (secondary N) is 1. The van der Waals surface area contributed by atoms with Gasteiger partial charge in [-0.1, -0.05) is 13.8 Å². The van der Waals surface area contributed by atoms with Crippen LogP contribution in [0.5, 0.6) is 0 Å². The SMILES string of the molecule is CC(C)NCC(C)(O)CN(C)CC(F)(F)F. The summed E-state index contributed by atoms with van der Waals surface area (Å²) in [5.74, 6) is 0. The van der Waals surface area contributed by atoms with Crippen LogP contribution >= 0.6 is 0 Å². The van der Waals surface area contributed by atoms with E-state index in [1.807, 2.05) is 13.8 Å². The van der Waals surface area contributed by atoms with Gasteiger partial charge in [0.1, 0.15) is 0 Å². The van der Waals surface area contributed by atoms with Gasteiger partial charge in [-0.25, -0.2) is 0 Å². The summed E-state index contributed by atoms with van der Waals surface area (Å²) in [6.07, 6.45) is -4.23. The van der Waals surface area contributed by atoms with Crippen molar-refractivity contribution in [2.24, 2.45) is 0 Å². The Balaban J connectivity index is 4.04. The van der Waals surface area contributed by atoms with Gasteiger partial charge in [0.25, 0.3) is 0 Å². The fourth-order valence-corrected chi connectivity index (χ4v) is 1.42. The molecule has 1 atom stereocenters. The first-order chi connectivity index (χ1) is 7.02. The molecule has 0 heterocycles. The molecule has 0 saturated carbocycles. The fraction of sp³-hybridized carbons (Fsp3) is 1.00. The van der Waals surface area contributed by atoms with E-state index in [0.29, 0.717) is 0 Å². The van der Waals surface area contributed by atoms with Crippen LogP contribution in [0.1, 0.15) is 20.8 Å². The van der Waals surface area contributed by atoms with E-state index in [1.54, 1.807) is 0 Å². The molecule has 6 heteroatoms. The third-order valence-corrected chi connectivity index (χ3v) is 1.95. The van der Waals surface area contributed by atoms with Gasteiger partial charge in [-0.15, -0.1) is 0 Å². The molecule has 0 bridgehead atoms. The Kier molecular flexibility index (Phi) is 5.72. The molecule has 16 heavy (non-hydrogen) atoms. The molecule has 0 amide bonds. The Morgan fingerprint density at radius 2 is 1.75 bits per heavy atom. The van der Waals surface area contributed by atoms with Crippen molar-refractivity contribution in [1.82, 2.24) is 10.2 Å². The van der Waals surface area contributed by atoms with Crippen molar-refractivity contribution in [2.45, 2.75) is 38.6 Å². The molecule has 0 rings (SSSR count). The number of likely N-dealkylation sites (N-methyl/N-ethyl adjacent to an activating group) is 1. The summed E-state index contributed by atoms with van der Waals surface area (Å²) in [5.41, 5.74) is -1.16. The molecule has 0 aliphatic heterocycles. The van der Waals surface area contributed by atoms with Crippen molar-refractivity contribution in [3.05, 3.63) is 0 Å². The first-order valence-corrected chi connectivity index (χ1v) is 5.23. The summed E-state index contributed by atoms with van der Waals surface area (Å²) in [6.45, 7) is 4.59. The molecule has 2 N–H and O–H groups in total. The lowest BCUT2D eigenvalue weighted by molar-refractivity contribution is -0.148. The van der Waals surface area contributed by atoms with E-state index < -0.39 is 18.3 Å². The molecule has 0 aliphatic rings. The standard InChI is InChI=1S/C10H21F3N2O/c1-8(2)14-5-9(3,16)6-15(4)7-10(11,12)13/h8,14,16H,5-7H2,1-4H3. The van der Waals surface area contributed by atoms with Gasteiger partial charge in [0.05, 0.1) is 12.1 Å². The van der Waals surface area contributed by atoms with Gasteiger partial charge < -0.3 is 10.4 Å². The summed E-state index contributed by atoms with van der Waals surface area (Å²) in [6, 6.07) is 0.194. The van der Waals surface area contributed by atoms with E-state index in [9.17, 15) is 18.3 Å². The largest absolute Gasteiger partial charge is 0.401 e. The monoisotopic (exact) mass is 242 g/mol. The van der Waals surface area contributed by atoms with Crippen LogP contribution in [-0.2, 0) is 0 Å². The van der Waals surface area contributed by atoms with Crippen molar-refractivity contribution in [3.63, 3.8) is 0 Å². The van der Waals surface area contributed by atoms with Gasteiger partial charge in [-0.2, -0.15) is 13.2 Å². The molecule has 0 spiro atoms. The summed E-state index contributed by atoms with van der Waals surface area (Å²) in [5, 5.41) is 12.9. The molecular weight excluding hydrogens is 221 g/mol. The first-order valence-electron chi connectivity index (χ1n) is 5.23. The molecule has 98 valence electrons. The van der Waals surface area contributed by atoms with Crippen LogP contribution in [0, 0.1) is 0 Å². The van der Waals surface area contributed by atoms with Crippen LogP contribution in [-0.4, -0.2) is 54.5 Å². The second kappa shape index (κ2) is 5.84. The van der Waals surface area contributed by atoms with E-state index in [2.05, 4.69) is 5.32 Å². The van der Waals surface area contributed by atoms with E-state index in [1.165, 1.54) is 14.0 Å². The average molecular weight is 242 g/mol. The van der Waals surface area contributed by atoms with E-state index in [-0.39, 0.29) is 19.1 Å². The second-order valence-corrected chi connectivity index (χ2v) is 4.82. The van der Waals surface area contributed by atoms with Crippen LogP contribution in [0.4, 0.5) is 13.2 Å². The number of nitrogens with zero attached hydrogens (tertiary/aromatic N) is 1. The zero-order valence-electron chi connectivity index (χ0n) is 10.2. The number of aliphatic hydroxyl groups is 1. The molecule has 0 aliphatic carbocycles. The predicted molar refractivity (Wildman–Crippen MR) is 57.3 cm³/mol. The molecule has 0 saturated heterocycles. The number of rotatable bonds is 6. The summed E-state index contributed by atoms with van der Waals surface area (Å²) < 4.78 is 36.2. The summed E-state index contributed by atoms with van der Waals surface area (Å²) in [4.78, 5) is 1.07. The predicted octanol–water partition coefficient (Wildman–Crippen LogP) is 1.23. The number of hydrogen-bond acceptors (Lipinski definition) is 3. The zero-order valence-corrected chi connectivity index (χ0v) is 10.2. The minimum absolute atomic E-state index is 0.0216. The molecule has 0 radical (unpaired) electrons. The van der Waals surface area contributed by atoms with Crippen LogP contribution in [0.15, 0.2) is 0 Å². The second-order valence-electron chi connectivity index (χ2n) is 4.82. The van der Waals surface area contributed by atoms with Crippen LogP contribution in [0.2, 0.25) is 0 Å². The molecule has 0 fully saturated rings. The Bertz CT molecular complexity index is 205. The van der Waals surface area contributed by atoms with Gasteiger partial charge in [-0.3, -0.25) is 4.90 Å². The highest BCUT2D eigenvalue weighted by atomic mass is 19.4. The van der Waals surface area contributed by atoms with Gasteiger partial charge in [-0.05, 0) is 14.0 Å². The van der Waals surface area contributed by atoms with Crippen molar-refractivity contribution in [3.8, 4) is 0 Å². The van der Waals surface area contributed by atoms with Gasteiger partial charge in [0, 0.05) is 19.1 Å². The Morgan fingerprint density at radius 1 is 1.25 bits per heavy atom. The van der Waals surface area contributed by atoms with Gasteiger partial charge in [0.2, 0.25) is 0 Å². The summed E-state index contributed by atoms with van der Waals surface area (Å²) in [7, 11) is 1.34. The maximum Gasteiger partial charge on any atom is 0.401 e. The normalized spacial score (nSPS) is 16.9. The van der Waals surface area contributed by atoms with Crippen molar-refractivity contribution in [1.29, 1.82) is 0 Å². The van der Waals surface area contributed by atoms with Gasteiger partial charge >= 0.3 is 6.18 Å². The highest BCUT2D eigenvalue weighted by Gasteiger charge is 2.32. The highest BCUT2D eigenvalue weighted by Crippen LogP contribution is 2.16. The molecule has 0 aromatic rings. The quantitative estimate of drug-likeness (QED) is 0.735. The van der Waals surface area contributed by atoms with Crippen molar-refractivity contribution < 1.29 is 18.3 Å². The van der Waals surface area contributed by atoms with Crippen molar-refractivity contribution >= 4 is 0 Å². The maximum absolute atomic E-state index is 12.1. The highest BCUT2D eigenvalue weighted by molar-refractivity contribution is 4.80. The van der Waals surface area contributed by atoms with Crippen LogP contribution < -0.4 is 5.32 Å². The van der Waals surface area contributed by atoms with Crippen molar-refractivity contribution in [2.75, 3.05) is 26.7 Å². The van der Waals surface area contributed by atoms with Crippen LogP contribution in [0.3, 0.4) is 0 Å².